The second kappa shape index (κ2) is 8.85. The zero-order valence-electron chi connectivity index (χ0n) is 13.7. The summed E-state index contributed by atoms with van der Waals surface area (Å²) < 4.78 is 6.90. The van der Waals surface area contributed by atoms with E-state index in [1.807, 2.05) is 10.6 Å². The third-order valence-corrected chi connectivity index (χ3v) is 5.25. The average Bonchev–Trinajstić information content (AvgIpc) is 2.71. The van der Waals surface area contributed by atoms with Crippen LogP contribution >= 0.6 is 23.2 Å². The van der Waals surface area contributed by atoms with Crippen LogP contribution in [0.2, 0.25) is 10.0 Å². The van der Waals surface area contributed by atoms with E-state index in [1.54, 1.807) is 13.0 Å². The molecule has 2 heterocycles. The van der Waals surface area contributed by atoms with Crippen LogP contribution in [0.15, 0.2) is 12.1 Å². The number of nitrogens with zero attached hydrogens (tertiary/aromatic N) is 2. The van der Waals surface area contributed by atoms with Crippen LogP contribution in [0, 0.1) is 0 Å². The van der Waals surface area contributed by atoms with E-state index in [0.717, 1.165) is 16.6 Å². The Kier molecular flexibility index (Phi) is 7.27. The Morgan fingerprint density at radius 1 is 1.23 bits per heavy atom. The van der Waals surface area contributed by atoms with Crippen molar-refractivity contribution in [2.24, 2.45) is 0 Å². The van der Waals surface area contributed by atoms with Crippen LogP contribution in [-0.2, 0) is 28.9 Å². The van der Waals surface area contributed by atoms with Crippen molar-refractivity contribution in [1.82, 2.24) is 9.47 Å². The van der Waals surface area contributed by atoms with Crippen molar-refractivity contribution in [3.8, 4) is 0 Å². The molecular weight excluding hydrogens is 390 g/mol. The molecule has 0 radical (unpaired) electrons. The van der Waals surface area contributed by atoms with Gasteiger partial charge in [-0.25, -0.2) is 4.79 Å². The third-order valence-electron chi connectivity index (χ3n) is 4.45. The van der Waals surface area contributed by atoms with Crippen molar-refractivity contribution >= 4 is 75.7 Å². The number of carbonyl (C=O) groups is 2. The summed E-state index contributed by atoms with van der Waals surface area (Å²) in [6.45, 7) is 2.84. The molecule has 0 spiro atoms. The molecule has 1 aliphatic heterocycles. The molecule has 1 aliphatic rings. The molecule has 1 amide bonds. The number of hydrogen-bond acceptors (Lipinski definition) is 3. The molecule has 0 atom stereocenters. The van der Waals surface area contributed by atoms with Gasteiger partial charge in [0.25, 0.3) is 0 Å². The van der Waals surface area contributed by atoms with Gasteiger partial charge in [0, 0.05) is 30.6 Å². The summed E-state index contributed by atoms with van der Waals surface area (Å²) in [7, 11) is 0. The van der Waals surface area contributed by atoms with Crippen molar-refractivity contribution < 1.29 is 19.4 Å². The summed E-state index contributed by atoms with van der Waals surface area (Å²) in [5, 5.41) is 11.0. The quantitative estimate of drug-likeness (QED) is 0.625. The predicted molar refractivity (Wildman–Crippen MR) is 103 cm³/mol. The van der Waals surface area contributed by atoms with Crippen molar-refractivity contribution in [3.63, 3.8) is 0 Å². The SMILES string of the molecule is CCOC(=O)Cn1c2c(c3ccc(Cl)c(Cl)c31)CCN(C(=O)O)CC2.[NaH]. The van der Waals surface area contributed by atoms with E-state index in [-0.39, 0.29) is 42.1 Å². The van der Waals surface area contributed by atoms with Crippen LogP contribution < -0.4 is 0 Å². The van der Waals surface area contributed by atoms with Gasteiger partial charge in [0.15, 0.2) is 0 Å². The van der Waals surface area contributed by atoms with Gasteiger partial charge in [0.2, 0.25) is 0 Å². The number of carboxylic acid groups (broad SMARTS) is 1. The van der Waals surface area contributed by atoms with Crippen LogP contribution in [0.1, 0.15) is 18.2 Å². The molecule has 0 bridgehead atoms. The number of carbonyl (C=O) groups excluding carboxylic acids is 1. The Morgan fingerprint density at radius 3 is 2.58 bits per heavy atom. The molecule has 0 unspecified atom stereocenters. The summed E-state index contributed by atoms with van der Waals surface area (Å²) >= 11 is 12.6. The number of ether oxygens (including phenoxy) is 1. The Bertz CT molecular complexity index is 853. The predicted octanol–water partition coefficient (Wildman–Crippen LogP) is 2.94. The summed E-state index contributed by atoms with van der Waals surface area (Å²) in [4.78, 5) is 24.8. The van der Waals surface area contributed by atoms with E-state index in [2.05, 4.69) is 0 Å². The van der Waals surface area contributed by atoms with Crippen molar-refractivity contribution in [2.45, 2.75) is 26.3 Å². The van der Waals surface area contributed by atoms with Gasteiger partial charge in [0.05, 0.1) is 22.2 Å². The number of halogens is 2. The molecule has 2 aromatic rings. The molecule has 1 aromatic heterocycles. The number of esters is 1. The molecule has 9 heteroatoms. The molecule has 1 aromatic carbocycles. The van der Waals surface area contributed by atoms with Crippen LogP contribution in [0.25, 0.3) is 10.9 Å². The Hall–Kier alpha value is -0.920. The van der Waals surface area contributed by atoms with Gasteiger partial charge in [-0.05, 0) is 25.0 Å². The topological polar surface area (TPSA) is 71.8 Å². The van der Waals surface area contributed by atoms with E-state index < -0.39 is 6.09 Å². The van der Waals surface area contributed by atoms with E-state index in [4.69, 9.17) is 27.9 Å². The third kappa shape index (κ3) is 3.99. The van der Waals surface area contributed by atoms with E-state index >= 15 is 0 Å². The Labute approximate surface area is 183 Å². The normalized spacial score (nSPS) is 13.7. The molecule has 136 valence electrons. The molecule has 0 saturated carbocycles. The fourth-order valence-corrected chi connectivity index (χ4v) is 3.79. The molecule has 0 fully saturated rings. The number of fused-ring (bicyclic) bond motifs is 3. The monoisotopic (exact) mass is 408 g/mol. The van der Waals surface area contributed by atoms with Gasteiger partial charge in [-0.2, -0.15) is 0 Å². The molecule has 26 heavy (non-hydrogen) atoms. The zero-order valence-corrected chi connectivity index (χ0v) is 15.2. The van der Waals surface area contributed by atoms with Crippen molar-refractivity contribution in [2.75, 3.05) is 19.7 Å². The number of amides is 1. The van der Waals surface area contributed by atoms with Gasteiger partial charge >= 0.3 is 41.6 Å². The molecule has 0 aliphatic carbocycles. The first-order valence-electron chi connectivity index (χ1n) is 8.05. The van der Waals surface area contributed by atoms with E-state index in [9.17, 15) is 14.7 Å². The molecule has 0 saturated heterocycles. The average molecular weight is 409 g/mol. The first kappa shape index (κ1) is 21.4. The number of aromatic nitrogens is 1. The van der Waals surface area contributed by atoms with Crippen LogP contribution in [-0.4, -0.2) is 75.9 Å². The maximum atomic E-state index is 12.1. The van der Waals surface area contributed by atoms with Gasteiger partial charge in [-0.3, -0.25) is 4.79 Å². The summed E-state index contributed by atoms with van der Waals surface area (Å²) in [6.07, 6.45) is 0.128. The van der Waals surface area contributed by atoms with Crippen LogP contribution in [0.3, 0.4) is 0 Å². The van der Waals surface area contributed by atoms with Gasteiger partial charge in [-0.1, -0.05) is 29.3 Å². The number of benzene rings is 1. The minimum absolute atomic E-state index is 0. The molecule has 6 nitrogen and oxygen atoms in total. The maximum absolute atomic E-state index is 12.1. The Balaban J connectivity index is 0.00000243. The summed E-state index contributed by atoms with van der Waals surface area (Å²) in [5.74, 6) is -0.363. The summed E-state index contributed by atoms with van der Waals surface area (Å²) in [5.41, 5.74) is 2.63. The fourth-order valence-electron chi connectivity index (χ4n) is 3.37. The van der Waals surface area contributed by atoms with Gasteiger partial charge in [-0.15, -0.1) is 0 Å². The van der Waals surface area contributed by atoms with E-state index in [1.165, 1.54) is 4.90 Å². The minimum atomic E-state index is -0.938. The van der Waals surface area contributed by atoms with E-state index in [0.29, 0.717) is 48.1 Å². The van der Waals surface area contributed by atoms with Crippen molar-refractivity contribution in [1.29, 1.82) is 0 Å². The van der Waals surface area contributed by atoms with Gasteiger partial charge < -0.3 is 19.3 Å². The van der Waals surface area contributed by atoms with Gasteiger partial charge in [0.1, 0.15) is 6.54 Å². The number of rotatable bonds is 3. The van der Waals surface area contributed by atoms with Crippen LogP contribution in [0.5, 0.6) is 0 Å². The zero-order chi connectivity index (χ0) is 18.1. The van der Waals surface area contributed by atoms with Crippen LogP contribution in [0.4, 0.5) is 4.79 Å². The standard InChI is InChI=1S/C17H18Cl2N2O4.Na.H/c1-2-25-14(22)9-21-13-6-8-20(17(23)24)7-5-10(13)11-3-4-12(18)15(19)16(11)21;;/h3-4H,2,5-9H2,1H3,(H,23,24);;. The first-order chi connectivity index (χ1) is 11.9. The molecule has 1 N–H and O–H groups in total. The second-order valence-corrected chi connectivity index (χ2v) is 6.63. The van der Waals surface area contributed by atoms with Crippen molar-refractivity contribution in [3.05, 3.63) is 33.4 Å². The first-order valence-corrected chi connectivity index (χ1v) is 8.81. The summed E-state index contributed by atoms with van der Waals surface area (Å²) in [6, 6.07) is 3.60. The molecule has 3 rings (SSSR count). The second-order valence-electron chi connectivity index (χ2n) is 5.84. The number of hydrogen-bond donors (Lipinski definition) is 1. The molecular formula is C17H19Cl2N2NaO4. The Morgan fingerprint density at radius 2 is 1.92 bits per heavy atom. The fraction of sp³-hybridized carbons (Fsp3) is 0.412.